The van der Waals surface area contributed by atoms with E-state index in [0.29, 0.717) is 0 Å². The molecule has 0 aliphatic carbocycles. The van der Waals surface area contributed by atoms with Gasteiger partial charge in [0.25, 0.3) is 0 Å². The van der Waals surface area contributed by atoms with Gasteiger partial charge in [0.05, 0.1) is 0 Å². The van der Waals surface area contributed by atoms with Gasteiger partial charge in [-0.2, -0.15) is 0 Å². The van der Waals surface area contributed by atoms with E-state index in [1.807, 2.05) is 0 Å². The van der Waals surface area contributed by atoms with E-state index < -0.39 is 0 Å². The van der Waals surface area contributed by atoms with Crippen LogP contribution in [0.15, 0.2) is 18.2 Å². The van der Waals surface area contributed by atoms with Crippen LogP contribution in [0.25, 0.3) is 0 Å². The Hall–Kier alpha value is 0.680. The second kappa shape index (κ2) is 4.64. The first-order chi connectivity index (χ1) is 5.25. The van der Waals surface area contributed by atoms with Gasteiger partial charge in [0, 0.05) is 7.14 Å². The van der Waals surface area contributed by atoms with Crippen LogP contribution in [-0.2, 0) is 0 Å². The molecule has 0 nitrogen and oxygen atoms in total. The van der Waals surface area contributed by atoms with Gasteiger partial charge >= 0.3 is 0 Å². The average Bonchev–Trinajstić information content (AvgIpc) is 1.97. The van der Waals surface area contributed by atoms with Crippen LogP contribution >= 0.6 is 45.2 Å². The van der Waals surface area contributed by atoms with Gasteiger partial charge in [-0.1, -0.05) is 13.0 Å². The Balaban J connectivity index is 3.00. The van der Waals surface area contributed by atoms with Gasteiger partial charge in [0.15, 0.2) is 0 Å². The largest absolute Gasteiger partial charge is 0.0648 e. The highest BCUT2D eigenvalue weighted by Gasteiger charge is 2.01. The van der Waals surface area contributed by atoms with Gasteiger partial charge in [0.1, 0.15) is 0 Å². The second-order valence-corrected chi connectivity index (χ2v) is 4.57. The van der Waals surface area contributed by atoms with E-state index >= 15 is 0 Å². The molecule has 2 heteroatoms. The summed E-state index contributed by atoms with van der Waals surface area (Å²) >= 11 is 4.75. The predicted octanol–water partition coefficient (Wildman–Crippen LogP) is 3.86. The van der Waals surface area contributed by atoms with E-state index in [4.69, 9.17) is 0 Å². The van der Waals surface area contributed by atoms with Crippen LogP contribution in [0.2, 0.25) is 0 Å². The molecule has 1 rings (SSSR count). The van der Waals surface area contributed by atoms with Gasteiger partial charge in [-0.15, -0.1) is 0 Å². The van der Waals surface area contributed by atoms with Gasteiger partial charge in [-0.25, -0.2) is 0 Å². The third kappa shape index (κ3) is 2.57. The maximum atomic E-state index is 2.37. The van der Waals surface area contributed by atoms with Crippen molar-refractivity contribution in [1.82, 2.24) is 0 Å². The van der Waals surface area contributed by atoms with E-state index in [0.717, 1.165) is 6.42 Å². The smallest absolute Gasteiger partial charge is 0.0175 e. The number of benzene rings is 1. The first-order valence-corrected chi connectivity index (χ1v) is 5.68. The molecule has 1 radical (unpaired) electrons. The number of halogens is 2. The molecule has 0 atom stereocenters. The van der Waals surface area contributed by atoms with Gasteiger partial charge in [-0.3, -0.25) is 0 Å². The third-order valence-electron chi connectivity index (χ3n) is 1.41. The fraction of sp³-hybridized carbons (Fsp3) is 0.222. The molecule has 0 aromatic heterocycles. The van der Waals surface area contributed by atoms with Crippen LogP contribution in [-0.4, -0.2) is 0 Å². The lowest BCUT2D eigenvalue weighted by atomic mass is 10.1. The van der Waals surface area contributed by atoms with E-state index in [-0.39, 0.29) is 0 Å². The fourth-order valence-electron chi connectivity index (χ4n) is 0.910. The van der Waals surface area contributed by atoms with Crippen LogP contribution in [0, 0.1) is 13.6 Å². The minimum absolute atomic E-state index is 1.11. The summed E-state index contributed by atoms with van der Waals surface area (Å²) in [6, 6.07) is 6.38. The van der Waals surface area contributed by atoms with Gasteiger partial charge in [0.2, 0.25) is 0 Å². The highest BCUT2D eigenvalue weighted by Crippen LogP contribution is 2.21. The molecule has 0 N–H and O–H groups in total. The van der Waals surface area contributed by atoms with Crippen molar-refractivity contribution < 1.29 is 0 Å². The summed E-state index contributed by atoms with van der Waals surface area (Å²) in [5.74, 6) is 0. The Bertz CT molecular complexity index is 223. The van der Waals surface area contributed by atoms with Crippen LogP contribution in [0.5, 0.6) is 0 Å². The summed E-state index contributed by atoms with van der Waals surface area (Å²) in [7, 11) is 0. The first kappa shape index (κ1) is 9.77. The summed E-state index contributed by atoms with van der Waals surface area (Å²) in [6.45, 7) is 2.17. The summed E-state index contributed by atoms with van der Waals surface area (Å²) in [5.41, 5.74) is 1.39. The second-order valence-electron chi connectivity index (χ2n) is 2.25. The Morgan fingerprint density at radius 2 is 1.82 bits per heavy atom. The molecule has 0 saturated heterocycles. The average molecular weight is 371 g/mol. The molecule has 1 aromatic rings. The number of hydrogen-bond donors (Lipinski definition) is 0. The van der Waals surface area contributed by atoms with Crippen molar-refractivity contribution in [3.8, 4) is 0 Å². The van der Waals surface area contributed by atoms with E-state index in [9.17, 15) is 0 Å². The maximum absolute atomic E-state index is 2.37. The molecule has 0 aliphatic rings. The van der Waals surface area contributed by atoms with Crippen molar-refractivity contribution in [3.63, 3.8) is 0 Å². The lowest BCUT2D eigenvalue weighted by molar-refractivity contribution is 1.11. The quantitative estimate of drug-likeness (QED) is 0.693. The normalized spacial score (nSPS) is 10.1. The highest BCUT2D eigenvalue weighted by atomic mass is 127. The molecule has 1 aromatic carbocycles. The van der Waals surface area contributed by atoms with Gasteiger partial charge < -0.3 is 0 Å². The van der Waals surface area contributed by atoms with Crippen molar-refractivity contribution >= 4 is 45.2 Å². The Labute approximate surface area is 95.0 Å². The van der Waals surface area contributed by atoms with Crippen molar-refractivity contribution in [2.75, 3.05) is 0 Å². The van der Waals surface area contributed by atoms with Crippen LogP contribution in [0.3, 0.4) is 0 Å². The molecule has 0 aliphatic heterocycles. The molecule has 11 heavy (non-hydrogen) atoms. The molecule has 0 fully saturated rings. The van der Waals surface area contributed by atoms with Crippen LogP contribution in [0.4, 0.5) is 0 Å². The Morgan fingerprint density at radius 1 is 1.27 bits per heavy atom. The van der Waals surface area contributed by atoms with Gasteiger partial charge in [-0.05, 0) is 75.7 Å². The molecular weight excluding hydrogens is 362 g/mol. The molecule has 59 valence electrons. The minimum atomic E-state index is 1.11. The summed E-state index contributed by atoms with van der Waals surface area (Å²) in [5, 5.41) is 0. The Kier molecular flexibility index (Phi) is 4.12. The van der Waals surface area contributed by atoms with Crippen molar-refractivity contribution in [2.45, 2.75) is 13.3 Å². The molecule has 0 spiro atoms. The monoisotopic (exact) mass is 371 g/mol. The Morgan fingerprint density at radius 3 is 2.27 bits per heavy atom. The molecule has 0 unspecified atom stereocenters. The maximum Gasteiger partial charge on any atom is 0.0175 e. The highest BCUT2D eigenvalue weighted by molar-refractivity contribution is 14.1. The van der Waals surface area contributed by atoms with Crippen LogP contribution < -0.4 is 0 Å². The summed E-state index contributed by atoms with van der Waals surface area (Å²) in [6.07, 6.45) is 3.37. The first-order valence-electron chi connectivity index (χ1n) is 3.53. The fourth-order valence-corrected chi connectivity index (χ4v) is 2.86. The summed E-state index contributed by atoms with van der Waals surface area (Å²) in [4.78, 5) is 0. The van der Waals surface area contributed by atoms with Crippen molar-refractivity contribution in [3.05, 3.63) is 37.3 Å². The van der Waals surface area contributed by atoms with Crippen LogP contribution in [0.1, 0.15) is 18.9 Å². The minimum Gasteiger partial charge on any atom is -0.0648 e. The molecular formula is C9H9I2. The zero-order valence-electron chi connectivity index (χ0n) is 6.27. The lowest BCUT2D eigenvalue weighted by Crippen LogP contribution is -1.89. The topological polar surface area (TPSA) is 0 Å². The van der Waals surface area contributed by atoms with Crippen molar-refractivity contribution in [2.24, 2.45) is 0 Å². The standard InChI is InChI=1S/C9H9I2/c1-2-4-7-8(10)5-3-6-9(7)11/h3-6H,2H2,1H3. The third-order valence-corrected chi connectivity index (χ3v) is 3.29. The SMILES string of the molecule is CC[CH]c1c(I)cccc1I. The van der Waals surface area contributed by atoms with Crippen molar-refractivity contribution in [1.29, 1.82) is 0 Å². The zero-order valence-corrected chi connectivity index (χ0v) is 10.6. The number of hydrogen-bond acceptors (Lipinski definition) is 0. The van der Waals surface area contributed by atoms with E-state index in [1.54, 1.807) is 0 Å². The summed E-state index contributed by atoms with van der Waals surface area (Å²) < 4.78 is 2.69. The zero-order chi connectivity index (χ0) is 8.27. The van der Waals surface area contributed by atoms with E-state index in [2.05, 4.69) is 76.7 Å². The molecule has 0 heterocycles. The molecule has 0 saturated carbocycles. The lowest BCUT2D eigenvalue weighted by Gasteiger charge is -2.03. The molecule has 0 bridgehead atoms. The van der Waals surface area contributed by atoms with E-state index in [1.165, 1.54) is 12.7 Å². The number of rotatable bonds is 2. The molecule has 0 amide bonds. The predicted molar refractivity (Wildman–Crippen MR) is 65.6 cm³/mol.